The van der Waals surface area contributed by atoms with Crippen molar-refractivity contribution in [3.8, 4) is 22.5 Å². The fraction of sp³-hybridized carbons (Fsp3) is 0.176. The van der Waals surface area contributed by atoms with Gasteiger partial charge in [-0.25, -0.2) is 0 Å². The molecule has 0 spiro atoms. The zero-order valence-electron chi connectivity index (χ0n) is 23.0. The summed E-state index contributed by atoms with van der Waals surface area (Å²) in [4.78, 5) is 8.90. The van der Waals surface area contributed by atoms with Gasteiger partial charge in [0.15, 0.2) is 0 Å². The molecule has 3 aromatic carbocycles. The predicted molar refractivity (Wildman–Crippen MR) is 161 cm³/mol. The van der Waals surface area contributed by atoms with Gasteiger partial charge in [-0.3, -0.25) is 0 Å². The van der Waals surface area contributed by atoms with Crippen LogP contribution < -0.4 is 5.19 Å². The zero-order chi connectivity index (χ0) is 26.7. The van der Waals surface area contributed by atoms with Crippen LogP contribution in [-0.4, -0.2) is 18.0 Å². The predicted octanol–water partition coefficient (Wildman–Crippen LogP) is 8.66. The summed E-state index contributed by atoms with van der Waals surface area (Å²) >= 11 is 0. The molecule has 3 nitrogen and oxygen atoms in total. The molecule has 6 aromatic rings. The molecule has 0 saturated heterocycles. The van der Waals surface area contributed by atoms with Crippen LogP contribution in [0.15, 0.2) is 102 Å². The number of fused-ring (bicyclic) bond motifs is 3. The first-order chi connectivity index (χ1) is 18.3. The molecule has 0 atom stereocenters. The first-order valence-corrected chi connectivity index (χ1v) is 16.5. The summed E-state index contributed by atoms with van der Waals surface area (Å²) in [6.45, 7) is 11.5. The third-order valence-electron chi connectivity index (χ3n) is 6.62. The van der Waals surface area contributed by atoms with Gasteiger partial charge in [0.2, 0.25) is 0 Å². The third kappa shape index (κ3) is 6.28. The van der Waals surface area contributed by atoms with E-state index in [9.17, 15) is 0 Å². The maximum atomic E-state index is 6.30. The Balaban J connectivity index is 0.000000228. The third-order valence-corrected chi connectivity index (χ3v) is 8.66. The van der Waals surface area contributed by atoms with Gasteiger partial charge in [-0.05, 0) is 35.0 Å². The summed E-state index contributed by atoms with van der Waals surface area (Å²) < 4.78 is 6.30. The van der Waals surface area contributed by atoms with E-state index in [1.54, 1.807) is 6.20 Å². The molecular formula is C34H32IrN2OSi-2. The number of furan rings is 1. The van der Waals surface area contributed by atoms with E-state index in [2.05, 4.69) is 92.0 Å². The summed E-state index contributed by atoms with van der Waals surface area (Å²) in [5, 5.41) is 3.87. The van der Waals surface area contributed by atoms with E-state index in [0.29, 0.717) is 5.92 Å². The second-order valence-electron chi connectivity index (χ2n) is 10.7. The molecule has 0 bridgehead atoms. The van der Waals surface area contributed by atoms with Crippen molar-refractivity contribution in [1.29, 1.82) is 0 Å². The van der Waals surface area contributed by atoms with Crippen LogP contribution in [0.3, 0.4) is 0 Å². The molecule has 3 heterocycles. The summed E-state index contributed by atoms with van der Waals surface area (Å²) in [7, 11) is -1.48. The maximum absolute atomic E-state index is 6.30. The van der Waals surface area contributed by atoms with Gasteiger partial charge in [0.05, 0.1) is 13.7 Å². The Morgan fingerprint density at radius 1 is 0.769 bits per heavy atom. The van der Waals surface area contributed by atoms with Crippen molar-refractivity contribution >= 4 is 35.2 Å². The molecule has 0 amide bonds. The number of pyridine rings is 2. The fourth-order valence-electron chi connectivity index (χ4n) is 4.58. The molecule has 0 aliphatic carbocycles. The maximum Gasteiger partial charge on any atom is 0.120 e. The van der Waals surface area contributed by atoms with Gasteiger partial charge in [-0.1, -0.05) is 86.0 Å². The fourth-order valence-corrected chi connectivity index (χ4v) is 6.18. The van der Waals surface area contributed by atoms with Crippen molar-refractivity contribution < 1.29 is 24.5 Å². The second-order valence-corrected chi connectivity index (χ2v) is 15.8. The van der Waals surface area contributed by atoms with Gasteiger partial charge in [-0.2, -0.15) is 0 Å². The van der Waals surface area contributed by atoms with Crippen LogP contribution in [0.25, 0.3) is 44.5 Å². The van der Waals surface area contributed by atoms with Gasteiger partial charge >= 0.3 is 0 Å². The standard InChI is InChI=1S/C23H24NOSi.C11H8N.Ir/c1-15(2)16-12-13-19(24-14-16)17-8-6-9-18-22-20(25-23(17)18)10-7-11-21(22)26(3,4)5;1-2-6-10(7-3-1)11-8-4-5-9-12-11;/h6-7,9-15H,1-5H3;1-6,8-9H;/q2*-1;. The van der Waals surface area contributed by atoms with Crippen LogP contribution in [-0.2, 0) is 20.1 Å². The van der Waals surface area contributed by atoms with Gasteiger partial charge in [0, 0.05) is 37.9 Å². The Morgan fingerprint density at radius 2 is 1.59 bits per heavy atom. The second kappa shape index (κ2) is 12.2. The van der Waals surface area contributed by atoms with E-state index in [4.69, 9.17) is 4.42 Å². The van der Waals surface area contributed by atoms with Crippen molar-refractivity contribution in [3.05, 3.63) is 115 Å². The molecule has 0 aliphatic rings. The van der Waals surface area contributed by atoms with E-state index >= 15 is 0 Å². The zero-order valence-corrected chi connectivity index (χ0v) is 26.3. The summed E-state index contributed by atoms with van der Waals surface area (Å²) in [5.41, 5.74) is 6.95. The van der Waals surface area contributed by atoms with E-state index in [1.807, 2.05) is 54.7 Å². The number of nitrogens with zero attached hydrogens (tertiary/aromatic N) is 2. The van der Waals surface area contributed by atoms with Gasteiger partial charge < -0.3 is 14.4 Å². The molecule has 0 unspecified atom stereocenters. The minimum absolute atomic E-state index is 0. The number of benzene rings is 3. The van der Waals surface area contributed by atoms with Crippen molar-refractivity contribution in [2.24, 2.45) is 0 Å². The molecule has 5 heteroatoms. The average molecular weight is 705 g/mol. The number of hydrogen-bond acceptors (Lipinski definition) is 3. The topological polar surface area (TPSA) is 38.9 Å². The van der Waals surface area contributed by atoms with Crippen LogP contribution in [0.5, 0.6) is 0 Å². The Hall–Kier alpha value is -3.37. The molecule has 1 radical (unpaired) electrons. The Labute approximate surface area is 245 Å². The van der Waals surface area contributed by atoms with Gasteiger partial charge in [-0.15, -0.1) is 54.1 Å². The van der Waals surface area contributed by atoms with E-state index < -0.39 is 8.07 Å². The van der Waals surface area contributed by atoms with Crippen LogP contribution in [0.1, 0.15) is 25.3 Å². The van der Waals surface area contributed by atoms with Crippen molar-refractivity contribution in [1.82, 2.24) is 9.97 Å². The largest absolute Gasteiger partial charge is 0.501 e. The van der Waals surface area contributed by atoms with E-state index in [-0.39, 0.29) is 20.1 Å². The van der Waals surface area contributed by atoms with E-state index in [1.165, 1.54) is 21.5 Å². The molecule has 39 heavy (non-hydrogen) atoms. The van der Waals surface area contributed by atoms with Gasteiger partial charge in [0.25, 0.3) is 0 Å². The molecule has 0 N–H and O–H groups in total. The molecule has 0 saturated carbocycles. The van der Waals surface area contributed by atoms with Crippen LogP contribution in [0.4, 0.5) is 0 Å². The summed E-state index contributed by atoms with van der Waals surface area (Å²) in [5.74, 6) is 0.474. The van der Waals surface area contributed by atoms with Crippen molar-refractivity contribution in [2.45, 2.75) is 39.4 Å². The number of hydrogen-bond donors (Lipinski definition) is 0. The molecular weight excluding hydrogens is 673 g/mol. The SMILES string of the molecule is CC(C)c1ccc(-c2[c-]ccc3c2oc2cccc([Si](C)(C)C)c23)nc1.[Ir].[c-]1ccccc1-c1ccccn1. The van der Waals surface area contributed by atoms with Crippen molar-refractivity contribution in [3.63, 3.8) is 0 Å². The monoisotopic (exact) mass is 705 g/mol. The Morgan fingerprint density at radius 3 is 2.23 bits per heavy atom. The normalized spacial score (nSPS) is 11.2. The average Bonchev–Trinajstić information content (AvgIpc) is 3.33. The number of aromatic nitrogens is 2. The van der Waals surface area contributed by atoms with E-state index in [0.717, 1.165) is 33.7 Å². The molecule has 3 aromatic heterocycles. The van der Waals surface area contributed by atoms with Crippen molar-refractivity contribution in [2.75, 3.05) is 0 Å². The first kappa shape index (κ1) is 28.6. The van der Waals surface area contributed by atoms with Gasteiger partial charge in [0.1, 0.15) is 5.58 Å². The van der Waals surface area contributed by atoms with Crippen LogP contribution in [0, 0.1) is 12.1 Å². The molecule has 0 fully saturated rings. The Kier molecular flexibility index (Phi) is 8.96. The molecule has 0 aliphatic heterocycles. The quantitative estimate of drug-likeness (QED) is 0.136. The minimum atomic E-state index is -1.48. The minimum Gasteiger partial charge on any atom is -0.501 e. The Bertz CT molecular complexity index is 1620. The number of rotatable bonds is 4. The summed E-state index contributed by atoms with van der Waals surface area (Å²) in [6, 6.07) is 34.9. The summed E-state index contributed by atoms with van der Waals surface area (Å²) in [6.07, 6.45) is 3.75. The van der Waals surface area contributed by atoms with Crippen LogP contribution in [0.2, 0.25) is 19.6 Å². The smallest absolute Gasteiger partial charge is 0.120 e. The van der Waals surface area contributed by atoms with Crippen LogP contribution >= 0.6 is 0 Å². The molecule has 6 rings (SSSR count). The molecule has 199 valence electrons. The first-order valence-electron chi connectivity index (χ1n) is 13.0.